The summed E-state index contributed by atoms with van der Waals surface area (Å²) in [5.41, 5.74) is 6.48. The van der Waals surface area contributed by atoms with E-state index in [4.69, 9.17) is 10.9 Å². The van der Waals surface area contributed by atoms with Crippen LogP contribution < -0.4 is 16.2 Å². The predicted octanol–water partition coefficient (Wildman–Crippen LogP) is 1.18. The number of hydrogen-bond donors (Lipinski definition) is 3. The molecule has 1 aromatic carbocycles. The summed E-state index contributed by atoms with van der Waals surface area (Å²) in [4.78, 5) is 12.3. The first-order valence-corrected chi connectivity index (χ1v) is 8.62. The lowest BCUT2D eigenvalue weighted by Gasteiger charge is -2.20. The van der Waals surface area contributed by atoms with E-state index >= 15 is 0 Å². The number of amides is 1. The van der Waals surface area contributed by atoms with Crippen molar-refractivity contribution in [1.29, 1.82) is 0 Å². The van der Waals surface area contributed by atoms with Crippen LogP contribution in [0.5, 0.6) is 0 Å². The van der Waals surface area contributed by atoms with Gasteiger partial charge in [0.05, 0.1) is 10.8 Å². The van der Waals surface area contributed by atoms with Gasteiger partial charge < -0.3 is 11.1 Å². The van der Waals surface area contributed by atoms with Gasteiger partial charge in [-0.2, -0.15) is 0 Å². The Morgan fingerprint density at radius 1 is 1.19 bits per heavy atom. The third-order valence-electron chi connectivity index (χ3n) is 3.84. The molecule has 1 aliphatic carbocycles. The van der Waals surface area contributed by atoms with Crippen molar-refractivity contribution in [3.8, 4) is 0 Å². The standard InChI is InChI=1S/C14H21N3O3S/c15-13-8-3-1-2-7-12(13)14(18)17-10-5-4-6-11(9-10)21(16,19)20/h4-6,9,12-13H,1-3,7-8,15H2,(H,17,18)(H2,16,19,20). The zero-order valence-electron chi connectivity index (χ0n) is 11.8. The molecule has 0 heterocycles. The Bertz CT molecular complexity index is 616. The minimum absolute atomic E-state index is 0.0227. The number of hydrogen-bond acceptors (Lipinski definition) is 4. The molecule has 1 saturated carbocycles. The van der Waals surface area contributed by atoms with E-state index in [0.717, 1.165) is 32.1 Å². The van der Waals surface area contributed by atoms with E-state index in [9.17, 15) is 13.2 Å². The van der Waals surface area contributed by atoms with Crippen LogP contribution in [-0.4, -0.2) is 20.4 Å². The zero-order valence-corrected chi connectivity index (χ0v) is 12.6. The van der Waals surface area contributed by atoms with Crippen molar-refractivity contribution in [3.05, 3.63) is 24.3 Å². The van der Waals surface area contributed by atoms with Crippen LogP contribution >= 0.6 is 0 Å². The highest BCUT2D eigenvalue weighted by atomic mass is 32.2. The highest BCUT2D eigenvalue weighted by Gasteiger charge is 2.27. The second-order valence-corrected chi connectivity index (χ2v) is 7.03. The first kappa shape index (κ1) is 15.9. The fourth-order valence-corrected chi connectivity index (χ4v) is 3.21. The molecule has 0 bridgehead atoms. The van der Waals surface area contributed by atoms with Gasteiger partial charge in [-0.15, -0.1) is 0 Å². The van der Waals surface area contributed by atoms with E-state index in [2.05, 4.69) is 5.32 Å². The summed E-state index contributed by atoms with van der Waals surface area (Å²) in [5.74, 6) is -0.387. The maximum absolute atomic E-state index is 12.3. The molecule has 0 aliphatic heterocycles. The predicted molar refractivity (Wildman–Crippen MR) is 81.0 cm³/mol. The molecule has 1 aliphatic rings. The quantitative estimate of drug-likeness (QED) is 0.727. The van der Waals surface area contributed by atoms with Crippen LogP contribution in [0.25, 0.3) is 0 Å². The van der Waals surface area contributed by atoms with Crippen molar-refractivity contribution in [3.63, 3.8) is 0 Å². The summed E-state index contributed by atoms with van der Waals surface area (Å²) in [7, 11) is -3.78. The molecule has 116 valence electrons. The van der Waals surface area contributed by atoms with E-state index in [1.807, 2.05) is 0 Å². The SMILES string of the molecule is NC1CCCCCC1C(=O)Nc1cccc(S(N)(=O)=O)c1. The molecule has 21 heavy (non-hydrogen) atoms. The topological polar surface area (TPSA) is 115 Å². The lowest BCUT2D eigenvalue weighted by atomic mass is 9.94. The Morgan fingerprint density at radius 2 is 1.90 bits per heavy atom. The van der Waals surface area contributed by atoms with Gasteiger partial charge in [-0.3, -0.25) is 4.79 Å². The number of nitrogens with two attached hydrogens (primary N) is 2. The summed E-state index contributed by atoms with van der Waals surface area (Å²) >= 11 is 0. The van der Waals surface area contributed by atoms with Crippen LogP contribution in [0.2, 0.25) is 0 Å². The van der Waals surface area contributed by atoms with Crippen molar-refractivity contribution >= 4 is 21.6 Å². The van der Waals surface area contributed by atoms with E-state index in [-0.39, 0.29) is 22.8 Å². The van der Waals surface area contributed by atoms with Crippen molar-refractivity contribution in [2.75, 3.05) is 5.32 Å². The summed E-state index contributed by atoms with van der Waals surface area (Å²) in [5, 5.41) is 7.82. The minimum Gasteiger partial charge on any atom is -0.327 e. The molecule has 0 saturated heterocycles. The Kier molecular flexibility index (Phi) is 4.97. The first-order chi connectivity index (χ1) is 9.88. The molecule has 5 N–H and O–H groups in total. The zero-order chi connectivity index (χ0) is 15.5. The van der Waals surface area contributed by atoms with Crippen molar-refractivity contribution < 1.29 is 13.2 Å². The molecule has 1 aromatic rings. The van der Waals surface area contributed by atoms with E-state index < -0.39 is 10.0 Å². The Labute approximate surface area is 124 Å². The Morgan fingerprint density at radius 3 is 2.62 bits per heavy atom. The molecule has 2 rings (SSSR count). The number of carbonyl (C=O) groups is 1. The van der Waals surface area contributed by atoms with Crippen LogP contribution in [0.4, 0.5) is 5.69 Å². The molecule has 1 amide bonds. The number of benzene rings is 1. The fraction of sp³-hybridized carbons (Fsp3) is 0.500. The lowest BCUT2D eigenvalue weighted by molar-refractivity contribution is -0.120. The third-order valence-corrected chi connectivity index (χ3v) is 4.75. The molecule has 0 spiro atoms. The van der Waals surface area contributed by atoms with Gasteiger partial charge >= 0.3 is 0 Å². The highest BCUT2D eigenvalue weighted by Crippen LogP contribution is 2.24. The molecule has 1 fully saturated rings. The third kappa shape index (κ3) is 4.26. The van der Waals surface area contributed by atoms with Crippen LogP contribution in [0.3, 0.4) is 0 Å². The average Bonchev–Trinajstić information content (AvgIpc) is 2.62. The number of primary sulfonamides is 1. The van der Waals surface area contributed by atoms with E-state index in [1.54, 1.807) is 12.1 Å². The van der Waals surface area contributed by atoms with Crippen LogP contribution in [0, 0.1) is 5.92 Å². The Hall–Kier alpha value is -1.44. The molecule has 2 atom stereocenters. The van der Waals surface area contributed by atoms with Crippen molar-refractivity contribution in [2.45, 2.75) is 43.0 Å². The van der Waals surface area contributed by atoms with E-state index in [1.165, 1.54) is 12.1 Å². The highest BCUT2D eigenvalue weighted by molar-refractivity contribution is 7.89. The second-order valence-electron chi connectivity index (χ2n) is 5.47. The average molecular weight is 311 g/mol. The van der Waals surface area contributed by atoms with Crippen LogP contribution in [0.15, 0.2) is 29.2 Å². The largest absolute Gasteiger partial charge is 0.327 e. The second kappa shape index (κ2) is 6.55. The molecular weight excluding hydrogens is 290 g/mol. The maximum atomic E-state index is 12.3. The molecule has 2 unspecified atom stereocenters. The lowest BCUT2D eigenvalue weighted by Crippen LogP contribution is -2.37. The van der Waals surface area contributed by atoms with Gasteiger partial charge in [-0.05, 0) is 31.0 Å². The molecule has 0 radical (unpaired) electrons. The van der Waals surface area contributed by atoms with Crippen LogP contribution in [-0.2, 0) is 14.8 Å². The van der Waals surface area contributed by atoms with Gasteiger partial charge in [-0.1, -0.05) is 25.3 Å². The van der Waals surface area contributed by atoms with Gasteiger partial charge in [0.1, 0.15) is 0 Å². The minimum atomic E-state index is -3.78. The number of rotatable bonds is 3. The molecular formula is C14H21N3O3S. The van der Waals surface area contributed by atoms with Crippen molar-refractivity contribution in [1.82, 2.24) is 0 Å². The summed E-state index contributed by atoms with van der Waals surface area (Å²) in [6.45, 7) is 0. The number of anilines is 1. The number of carbonyl (C=O) groups excluding carboxylic acids is 1. The smallest absolute Gasteiger partial charge is 0.238 e. The summed E-state index contributed by atoms with van der Waals surface area (Å²) < 4.78 is 22.6. The first-order valence-electron chi connectivity index (χ1n) is 7.07. The maximum Gasteiger partial charge on any atom is 0.238 e. The van der Waals surface area contributed by atoms with Crippen molar-refractivity contribution in [2.24, 2.45) is 16.8 Å². The number of nitrogens with one attached hydrogen (secondary N) is 1. The fourth-order valence-electron chi connectivity index (χ4n) is 2.65. The molecule has 7 heteroatoms. The van der Waals surface area contributed by atoms with Gasteiger partial charge in [0.15, 0.2) is 0 Å². The van der Waals surface area contributed by atoms with Gasteiger partial charge in [-0.25, -0.2) is 13.6 Å². The number of sulfonamides is 1. The van der Waals surface area contributed by atoms with E-state index in [0.29, 0.717) is 5.69 Å². The molecule has 0 aromatic heterocycles. The van der Waals surface area contributed by atoms with Crippen LogP contribution in [0.1, 0.15) is 32.1 Å². The summed E-state index contributed by atoms with van der Waals surface area (Å²) in [6.07, 6.45) is 4.74. The molecule has 6 nitrogen and oxygen atoms in total. The van der Waals surface area contributed by atoms with Gasteiger partial charge in [0.25, 0.3) is 0 Å². The van der Waals surface area contributed by atoms with Gasteiger partial charge in [0.2, 0.25) is 15.9 Å². The Balaban J connectivity index is 2.12. The monoisotopic (exact) mass is 311 g/mol. The summed E-state index contributed by atoms with van der Waals surface area (Å²) in [6, 6.07) is 5.78. The van der Waals surface area contributed by atoms with Gasteiger partial charge in [0, 0.05) is 11.7 Å². The normalized spacial score (nSPS) is 23.3.